The summed E-state index contributed by atoms with van der Waals surface area (Å²) in [7, 11) is 1.36. The summed E-state index contributed by atoms with van der Waals surface area (Å²) in [5, 5.41) is 20.4. The van der Waals surface area contributed by atoms with E-state index in [2.05, 4.69) is 21.3 Å². The lowest BCUT2D eigenvalue weighted by Crippen LogP contribution is -2.55. The zero-order valence-electron chi connectivity index (χ0n) is 22.7. The Labute approximate surface area is 232 Å². The third-order valence-corrected chi connectivity index (χ3v) is 7.04. The van der Waals surface area contributed by atoms with E-state index in [9.17, 15) is 33.9 Å². The molecule has 0 aromatic heterocycles. The maximum absolute atomic E-state index is 13.9. The van der Waals surface area contributed by atoms with E-state index in [1.807, 2.05) is 0 Å². The van der Waals surface area contributed by atoms with Crippen LogP contribution in [-0.4, -0.2) is 96.5 Å². The number of amides is 5. The molecule has 0 spiro atoms. The fourth-order valence-electron chi connectivity index (χ4n) is 4.94. The van der Waals surface area contributed by atoms with Gasteiger partial charge in [-0.3, -0.25) is 24.0 Å². The first-order chi connectivity index (χ1) is 19.1. The van der Waals surface area contributed by atoms with Crippen molar-refractivity contribution < 1.29 is 38.6 Å². The number of nitrogens with zero attached hydrogens (tertiary/aromatic N) is 1. The monoisotopic (exact) mass is 559 g/mol. The van der Waals surface area contributed by atoms with E-state index in [1.54, 1.807) is 31.2 Å². The third kappa shape index (κ3) is 8.25. The van der Waals surface area contributed by atoms with Gasteiger partial charge in [0.05, 0.1) is 0 Å². The number of rotatable bonds is 6. The van der Waals surface area contributed by atoms with Crippen LogP contribution in [0.3, 0.4) is 0 Å². The van der Waals surface area contributed by atoms with Gasteiger partial charge < -0.3 is 36.0 Å². The molecule has 0 saturated carbocycles. The van der Waals surface area contributed by atoms with Gasteiger partial charge in [-0.05, 0) is 50.7 Å². The SMILES string of the molecule is COCC(=O)N[C@@H]1C[C@H]2C(=O)N[C@H](C(=O)O)CCC(=O)NCCCC[C@H](NC(=O)c3ccccc3C)C(=O)N2C1. The third-order valence-electron chi connectivity index (χ3n) is 7.04. The molecule has 2 fully saturated rings. The van der Waals surface area contributed by atoms with Crippen molar-refractivity contribution in [3.8, 4) is 0 Å². The first-order valence-corrected chi connectivity index (χ1v) is 13.4. The number of carboxylic acid groups (broad SMARTS) is 1. The molecule has 0 radical (unpaired) electrons. The largest absolute Gasteiger partial charge is 0.480 e. The lowest BCUT2D eigenvalue weighted by molar-refractivity contribution is -0.144. The fraction of sp³-hybridized carbons (Fsp3) is 0.556. The quantitative estimate of drug-likeness (QED) is 0.308. The van der Waals surface area contributed by atoms with Crippen LogP contribution >= 0.6 is 0 Å². The molecule has 0 aliphatic carbocycles. The number of methoxy groups -OCH3 is 1. The van der Waals surface area contributed by atoms with Crippen LogP contribution in [0.15, 0.2) is 24.3 Å². The highest BCUT2D eigenvalue weighted by Gasteiger charge is 2.43. The van der Waals surface area contributed by atoms with Gasteiger partial charge in [-0.1, -0.05) is 18.2 Å². The van der Waals surface area contributed by atoms with Crippen molar-refractivity contribution in [2.24, 2.45) is 0 Å². The molecule has 5 amide bonds. The molecular formula is C27H37N5O8. The minimum Gasteiger partial charge on any atom is -0.480 e. The first-order valence-electron chi connectivity index (χ1n) is 13.4. The molecule has 2 aliphatic heterocycles. The summed E-state index contributed by atoms with van der Waals surface area (Å²) in [6, 6.07) is 2.91. The Morgan fingerprint density at radius 2 is 1.85 bits per heavy atom. The molecule has 13 heteroatoms. The van der Waals surface area contributed by atoms with Crippen LogP contribution < -0.4 is 21.3 Å². The number of aryl methyl sites for hydroxylation is 1. The van der Waals surface area contributed by atoms with Crippen LogP contribution in [0.2, 0.25) is 0 Å². The number of benzene rings is 1. The number of fused-ring (bicyclic) bond motifs is 1. The molecule has 0 bridgehead atoms. The predicted molar refractivity (Wildman–Crippen MR) is 142 cm³/mol. The maximum Gasteiger partial charge on any atom is 0.326 e. The van der Waals surface area contributed by atoms with E-state index in [1.165, 1.54) is 12.0 Å². The van der Waals surface area contributed by atoms with E-state index in [-0.39, 0.29) is 44.7 Å². The molecule has 40 heavy (non-hydrogen) atoms. The Kier molecular flexibility index (Phi) is 11.0. The predicted octanol–water partition coefficient (Wildman–Crippen LogP) is -0.525. The minimum atomic E-state index is -1.35. The summed E-state index contributed by atoms with van der Waals surface area (Å²) in [4.78, 5) is 77.9. The minimum absolute atomic E-state index is 0.0130. The highest BCUT2D eigenvalue weighted by Crippen LogP contribution is 2.22. The van der Waals surface area contributed by atoms with Gasteiger partial charge in [0.25, 0.3) is 5.91 Å². The molecule has 13 nitrogen and oxygen atoms in total. The normalized spacial score (nSPS) is 24.6. The van der Waals surface area contributed by atoms with Gasteiger partial charge in [-0.25, -0.2) is 4.79 Å². The summed E-state index contributed by atoms with van der Waals surface area (Å²) >= 11 is 0. The first kappa shape index (κ1) is 30.5. The van der Waals surface area contributed by atoms with E-state index < -0.39 is 53.8 Å². The number of hydrogen-bond donors (Lipinski definition) is 5. The Hall–Kier alpha value is -4.00. The standard InChI is InChI=1S/C27H37N5O8/c1-16-7-3-4-8-18(16)24(35)30-19-9-5-6-12-28-22(33)11-10-20(27(38)39)31-25(36)21-13-17(14-32(21)26(19)37)29-23(34)15-40-2/h3-4,7-8,17,19-21H,5-6,9-15H2,1-2H3,(H,28,33)(H,29,34)(H,30,35)(H,31,36)(H,38,39)/t17-,19+,20+,21+/m1/s1. The van der Waals surface area contributed by atoms with Crippen molar-refractivity contribution in [3.05, 3.63) is 35.4 Å². The summed E-state index contributed by atoms with van der Waals surface area (Å²) in [6.45, 7) is 1.87. The molecule has 1 aromatic rings. The molecule has 1 aromatic carbocycles. The van der Waals surface area contributed by atoms with Gasteiger partial charge in [0, 0.05) is 38.2 Å². The van der Waals surface area contributed by atoms with E-state index in [0.29, 0.717) is 24.9 Å². The Bertz CT molecular complexity index is 1130. The molecule has 5 N–H and O–H groups in total. The number of nitrogens with one attached hydrogen (secondary N) is 4. The summed E-state index contributed by atoms with van der Waals surface area (Å²) in [6.07, 6.45) is 1.07. The Morgan fingerprint density at radius 1 is 1.10 bits per heavy atom. The summed E-state index contributed by atoms with van der Waals surface area (Å²) < 4.78 is 4.85. The molecule has 2 saturated heterocycles. The molecule has 2 heterocycles. The zero-order chi connectivity index (χ0) is 29.2. The highest BCUT2D eigenvalue weighted by molar-refractivity contribution is 5.99. The van der Waals surface area contributed by atoms with Gasteiger partial charge in [0.1, 0.15) is 24.7 Å². The van der Waals surface area contributed by atoms with Crippen LogP contribution in [-0.2, 0) is 28.7 Å². The second-order valence-corrected chi connectivity index (χ2v) is 10.1. The van der Waals surface area contributed by atoms with Crippen molar-refractivity contribution in [2.75, 3.05) is 26.8 Å². The van der Waals surface area contributed by atoms with Crippen molar-refractivity contribution in [1.82, 2.24) is 26.2 Å². The second kappa shape index (κ2) is 14.4. The number of carboxylic acids is 1. The second-order valence-electron chi connectivity index (χ2n) is 10.1. The van der Waals surface area contributed by atoms with Gasteiger partial charge in [-0.2, -0.15) is 0 Å². The lowest BCUT2D eigenvalue weighted by atomic mass is 10.0. The number of aliphatic carboxylic acids is 1. The van der Waals surface area contributed by atoms with Crippen LogP contribution in [0.5, 0.6) is 0 Å². The van der Waals surface area contributed by atoms with Crippen molar-refractivity contribution in [3.63, 3.8) is 0 Å². The van der Waals surface area contributed by atoms with Crippen LogP contribution in [0.1, 0.15) is 54.4 Å². The average molecular weight is 560 g/mol. The van der Waals surface area contributed by atoms with Gasteiger partial charge in [0.15, 0.2) is 0 Å². The van der Waals surface area contributed by atoms with Gasteiger partial charge in [-0.15, -0.1) is 0 Å². The lowest BCUT2D eigenvalue weighted by Gasteiger charge is -2.29. The van der Waals surface area contributed by atoms with Crippen LogP contribution in [0, 0.1) is 6.92 Å². The number of carbonyl (C=O) groups excluding carboxylic acids is 5. The molecule has 4 atom stereocenters. The average Bonchev–Trinajstić information content (AvgIpc) is 3.32. The van der Waals surface area contributed by atoms with Gasteiger partial charge in [0.2, 0.25) is 23.6 Å². The maximum atomic E-state index is 13.9. The van der Waals surface area contributed by atoms with E-state index in [0.717, 1.165) is 5.56 Å². The molecule has 0 unspecified atom stereocenters. The smallest absolute Gasteiger partial charge is 0.326 e. The molecule has 2 aliphatic rings. The zero-order valence-corrected chi connectivity index (χ0v) is 22.7. The summed E-state index contributed by atoms with van der Waals surface area (Å²) in [5.41, 5.74) is 1.13. The van der Waals surface area contributed by atoms with E-state index in [4.69, 9.17) is 4.74 Å². The molecule has 3 rings (SSSR count). The number of hydrogen-bond acceptors (Lipinski definition) is 7. The molecule has 218 valence electrons. The van der Waals surface area contributed by atoms with Crippen LogP contribution in [0.25, 0.3) is 0 Å². The summed E-state index contributed by atoms with van der Waals surface area (Å²) in [5.74, 6) is -3.77. The Morgan fingerprint density at radius 3 is 2.55 bits per heavy atom. The van der Waals surface area contributed by atoms with Gasteiger partial charge >= 0.3 is 5.97 Å². The fourth-order valence-corrected chi connectivity index (χ4v) is 4.94. The van der Waals surface area contributed by atoms with Crippen molar-refractivity contribution in [2.45, 2.75) is 69.6 Å². The van der Waals surface area contributed by atoms with E-state index >= 15 is 0 Å². The van der Waals surface area contributed by atoms with Crippen LogP contribution in [0.4, 0.5) is 0 Å². The topological polar surface area (TPSA) is 183 Å². The molecular weight excluding hydrogens is 522 g/mol. The van der Waals surface area contributed by atoms with Crippen molar-refractivity contribution >= 4 is 35.5 Å². The highest BCUT2D eigenvalue weighted by atomic mass is 16.5. The Balaban J connectivity index is 1.91. The number of carbonyl (C=O) groups is 6. The number of ether oxygens (including phenoxy) is 1. The van der Waals surface area contributed by atoms with Crippen molar-refractivity contribution in [1.29, 1.82) is 0 Å².